The van der Waals surface area contributed by atoms with Crippen LogP contribution in [0.4, 0.5) is 26.0 Å². The number of halogens is 6. The number of benzene rings is 3. The van der Waals surface area contributed by atoms with Crippen LogP contribution in [0.25, 0.3) is 11.3 Å². The molecule has 0 saturated carbocycles. The molecule has 11 heteroatoms. The lowest BCUT2D eigenvalue weighted by atomic mass is 10.00. The topological polar surface area (TPSA) is 32.5 Å². The summed E-state index contributed by atoms with van der Waals surface area (Å²) >= 11 is 0. The maximum atomic E-state index is 13.5. The van der Waals surface area contributed by atoms with Crippen LogP contribution in [0.1, 0.15) is 21.5 Å². The summed E-state index contributed by atoms with van der Waals surface area (Å²) < 4.78 is 74.5. The van der Waals surface area contributed by atoms with Gasteiger partial charge in [-0.3, -0.25) is 4.79 Å². The molecule has 6 rings (SSSR count). The Balaban J connectivity index is 0.000000807. The van der Waals surface area contributed by atoms with Gasteiger partial charge < -0.3 is 26.9 Å². The number of ether oxygens (including phenoxy) is 1. The van der Waals surface area contributed by atoms with E-state index in [1.807, 2.05) is 59.5 Å². The van der Waals surface area contributed by atoms with Crippen LogP contribution in [0, 0.1) is 11.6 Å². The van der Waals surface area contributed by atoms with Crippen LogP contribution in [-0.2, 0) is 4.74 Å². The minimum atomic E-state index is -6.00. The molecule has 0 radical (unpaired) electrons. The number of hydrogen-bond acceptors (Lipinski definition) is 2. The summed E-state index contributed by atoms with van der Waals surface area (Å²) in [5, 5.41) is 0. The molecule has 0 unspecified atom stereocenters. The largest absolute Gasteiger partial charge is 0.673 e. The maximum Gasteiger partial charge on any atom is 0.673 e. The van der Waals surface area contributed by atoms with Crippen molar-refractivity contribution in [3.63, 3.8) is 0 Å². The van der Waals surface area contributed by atoms with Crippen LogP contribution in [0.5, 0.6) is 0 Å². The Bertz CT molecular complexity index is 1790. The molecule has 0 bridgehead atoms. The lowest BCUT2D eigenvalue weighted by Gasteiger charge is -2.26. The van der Waals surface area contributed by atoms with E-state index in [1.165, 1.54) is 24.3 Å². The minimum absolute atomic E-state index is 0.0761. The molecule has 4 nitrogen and oxygen atoms in total. The molecule has 0 spiro atoms. The molecule has 2 aliphatic heterocycles. The monoisotopic (exact) mass is 646 g/mol. The molecule has 2 heterocycles. The first-order valence-corrected chi connectivity index (χ1v) is 14.8. The van der Waals surface area contributed by atoms with Crippen molar-refractivity contribution in [1.29, 1.82) is 0 Å². The second-order valence-electron chi connectivity index (χ2n) is 10.7. The molecule has 0 aromatic heterocycles. The van der Waals surface area contributed by atoms with E-state index in [-0.39, 0.29) is 17.5 Å². The van der Waals surface area contributed by atoms with Gasteiger partial charge in [0.1, 0.15) is 23.2 Å². The molecule has 1 aliphatic carbocycles. The summed E-state index contributed by atoms with van der Waals surface area (Å²) in [6.45, 7) is 2.90. The van der Waals surface area contributed by atoms with E-state index in [4.69, 9.17) is 4.74 Å². The number of rotatable bonds is 4. The Morgan fingerprint density at radius 2 is 1.28 bits per heavy atom. The van der Waals surface area contributed by atoms with E-state index < -0.39 is 7.25 Å². The number of piperazine rings is 1. The number of nitrogens with zero attached hydrogens (tertiary/aromatic N) is 2. The molecule has 3 aromatic carbocycles. The van der Waals surface area contributed by atoms with Crippen LogP contribution in [0.2, 0.25) is 0 Å². The van der Waals surface area contributed by atoms with Crippen molar-refractivity contribution in [3.05, 3.63) is 167 Å². The van der Waals surface area contributed by atoms with Crippen LogP contribution >= 0.6 is 0 Å². The summed E-state index contributed by atoms with van der Waals surface area (Å²) in [5.74, 6) is 0.646. The summed E-state index contributed by atoms with van der Waals surface area (Å²) in [6.07, 6.45) is 15.9. The van der Waals surface area contributed by atoms with E-state index in [2.05, 4.69) is 28.9 Å². The predicted molar refractivity (Wildman–Crippen MR) is 172 cm³/mol. The Hall–Kier alpha value is -5.32. The molecule has 0 atom stereocenters. The van der Waals surface area contributed by atoms with Gasteiger partial charge in [0.25, 0.3) is 5.91 Å². The maximum absolute atomic E-state index is 13.5. The Morgan fingerprint density at radius 1 is 0.723 bits per heavy atom. The number of carbonyl (C=O) groups is 1. The van der Waals surface area contributed by atoms with Gasteiger partial charge in [-0.05, 0) is 95.6 Å². The third-order valence-electron chi connectivity index (χ3n) is 7.40. The van der Waals surface area contributed by atoms with Crippen LogP contribution < -0.4 is 0 Å². The Morgan fingerprint density at radius 3 is 1.85 bits per heavy atom. The second-order valence-corrected chi connectivity index (χ2v) is 10.7. The van der Waals surface area contributed by atoms with Gasteiger partial charge in [0.2, 0.25) is 0 Å². The fourth-order valence-electron chi connectivity index (χ4n) is 5.08. The van der Waals surface area contributed by atoms with Crippen molar-refractivity contribution < 1.29 is 40.2 Å². The smallest absolute Gasteiger partial charge is 0.457 e. The zero-order chi connectivity index (χ0) is 33.4. The standard InChI is InChI=1S/C36H29F2N2O2.BF4/c37-31-13-9-27(10-14-31)30-24-34(42-35(25-30)28-11-15-32(38)16-12-28)19-8-26-6-17-33(18-7-26)39-20-22-40(23-21-39)36(41)29-4-2-1-3-5-29;2-1(3,4)5/h1-19,24-25H,20-23H2;/q+1;-1. The van der Waals surface area contributed by atoms with Gasteiger partial charge in [0.05, 0.1) is 13.1 Å². The highest BCUT2D eigenvalue weighted by molar-refractivity contribution is 6.50. The van der Waals surface area contributed by atoms with Crippen LogP contribution in [-0.4, -0.2) is 54.5 Å². The summed E-state index contributed by atoms with van der Waals surface area (Å²) in [7, 11) is -6.00. The van der Waals surface area contributed by atoms with Crippen LogP contribution in [0.15, 0.2) is 139 Å². The average molecular weight is 646 g/mol. The lowest BCUT2D eigenvalue weighted by molar-refractivity contribution is -0.536. The van der Waals surface area contributed by atoms with E-state index >= 15 is 0 Å². The molecule has 240 valence electrons. The molecule has 3 aromatic rings. The van der Waals surface area contributed by atoms with Gasteiger partial charge in [-0.1, -0.05) is 36.4 Å². The molecule has 0 N–H and O–H groups in total. The zero-order valence-electron chi connectivity index (χ0n) is 25.0. The third-order valence-corrected chi connectivity index (χ3v) is 7.40. The van der Waals surface area contributed by atoms with Gasteiger partial charge in [0.15, 0.2) is 18.8 Å². The quantitative estimate of drug-likeness (QED) is 0.163. The molecule has 1 amide bonds. The molecule has 1 fully saturated rings. The fourth-order valence-corrected chi connectivity index (χ4v) is 5.08. The fraction of sp³-hybridized carbons (Fsp3) is 0.111. The van der Waals surface area contributed by atoms with Gasteiger partial charge in [-0.2, -0.15) is 0 Å². The lowest BCUT2D eigenvalue weighted by Crippen LogP contribution is -2.46. The van der Waals surface area contributed by atoms with E-state index in [0.717, 1.165) is 46.6 Å². The van der Waals surface area contributed by atoms with Gasteiger partial charge in [0, 0.05) is 23.3 Å². The van der Waals surface area contributed by atoms with E-state index in [9.17, 15) is 30.8 Å². The normalized spacial score (nSPS) is 17.0. The second kappa shape index (κ2) is 14.9. The van der Waals surface area contributed by atoms with Gasteiger partial charge in [-0.25, -0.2) is 13.4 Å². The van der Waals surface area contributed by atoms with Crippen molar-refractivity contribution in [3.8, 4) is 0 Å². The molecule has 47 heavy (non-hydrogen) atoms. The highest BCUT2D eigenvalue weighted by Gasteiger charge is 2.25. The third kappa shape index (κ3) is 9.59. The number of allylic oxidation sites excluding steroid dienone is 10. The Kier molecular flexibility index (Phi) is 10.4. The Labute approximate surface area is 268 Å². The van der Waals surface area contributed by atoms with Crippen molar-refractivity contribution in [1.82, 2.24) is 4.90 Å². The zero-order valence-corrected chi connectivity index (χ0v) is 25.0. The summed E-state index contributed by atoms with van der Waals surface area (Å²) in [5.41, 5.74) is 5.29. The molecule has 3 aliphatic rings. The average Bonchev–Trinajstić information content (AvgIpc) is 3.07. The van der Waals surface area contributed by atoms with E-state index in [0.29, 0.717) is 24.6 Å². The van der Waals surface area contributed by atoms with Crippen LogP contribution in [0.3, 0.4) is 0 Å². The molecular formula is C36H29BF6N2O2. The predicted octanol–water partition coefficient (Wildman–Crippen LogP) is 8.27. The SMILES string of the molecule is F[B-](F)(F)F.O=C(c1ccccc1)N1CC[N+](=C2C=CC(=CC=C3C=C(c4ccc(F)cc4)C=C(c4ccc(F)cc4)O3)C=C2)CC1. The van der Waals surface area contributed by atoms with Gasteiger partial charge in [-0.15, -0.1) is 0 Å². The number of carbonyl (C=O) groups excluding carboxylic acids is 1. The van der Waals surface area contributed by atoms with E-state index in [1.54, 1.807) is 24.3 Å². The highest BCUT2D eigenvalue weighted by Crippen LogP contribution is 2.32. The molecular weight excluding hydrogens is 617 g/mol. The number of hydrogen-bond donors (Lipinski definition) is 0. The minimum Gasteiger partial charge on any atom is -0.457 e. The molecule has 1 saturated heterocycles. The first-order chi connectivity index (χ1) is 22.5. The summed E-state index contributed by atoms with van der Waals surface area (Å²) in [4.78, 5) is 14.7. The highest BCUT2D eigenvalue weighted by atomic mass is 19.5. The summed E-state index contributed by atoms with van der Waals surface area (Å²) in [6, 6.07) is 21.8. The number of amides is 1. The van der Waals surface area contributed by atoms with Crippen molar-refractivity contribution >= 4 is 30.2 Å². The first kappa shape index (κ1) is 33.1. The van der Waals surface area contributed by atoms with Crippen molar-refractivity contribution in [2.75, 3.05) is 26.2 Å². The van der Waals surface area contributed by atoms with Crippen molar-refractivity contribution in [2.24, 2.45) is 0 Å². The van der Waals surface area contributed by atoms with Crippen molar-refractivity contribution in [2.45, 2.75) is 0 Å². The first-order valence-electron chi connectivity index (χ1n) is 14.8. The van der Waals surface area contributed by atoms with Gasteiger partial charge >= 0.3 is 7.25 Å².